The van der Waals surface area contributed by atoms with Gasteiger partial charge in [0.25, 0.3) is 0 Å². The summed E-state index contributed by atoms with van der Waals surface area (Å²) in [6, 6.07) is 0. The first kappa shape index (κ1) is 21.6. The Morgan fingerprint density at radius 3 is 1.80 bits per heavy atom. The van der Waals surface area contributed by atoms with Gasteiger partial charge in [-0.25, -0.2) is 0 Å². The molecule has 120 valence electrons. The summed E-state index contributed by atoms with van der Waals surface area (Å²) in [5.41, 5.74) is 0.242. The Morgan fingerprint density at radius 1 is 1.15 bits per heavy atom. The van der Waals surface area contributed by atoms with Gasteiger partial charge >= 0.3 is 0 Å². The van der Waals surface area contributed by atoms with Gasteiger partial charge in [-0.05, 0) is 44.4 Å². The summed E-state index contributed by atoms with van der Waals surface area (Å²) in [6.45, 7) is 12.1. The zero-order chi connectivity index (χ0) is 16.3. The molecule has 0 bridgehead atoms. The van der Waals surface area contributed by atoms with Crippen LogP contribution in [0.25, 0.3) is 0 Å². The molecule has 3 heteroatoms. The second-order valence-corrected chi connectivity index (χ2v) is 6.27. The van der Waals surface area contributed by atoms with Crippen LogP contribution in [0.5, 0.6) is 0 Å². The van der Waals surface area contributed by atoms with Crippen LogP contribution in [0, 0.1) is 17.3 Å². The van der Waals surface area contributed by atoms with Crippen LogP contribution in [0.2, 0.25) is 0 Å². The van der Waals surface area contributed by atoms with Gasteiger partial charge < -0.3 is 9.90 Å². The number of carbonyl (C=O) groups is 2. The summed E-state index contributed by atoms with van der Waals surface area (Å²) in [6.07, 6.45) is 5.26. The fourth-order valence-corrected chi connectivity index (χ4v) is 2.66. The van der Waals surface area contributed by atoms with Crippen LogP contribution < -0.4 is 0 Å². The second-order valence-electron chi connectivity index (χ2n) is 6.27. The van der Waals surface area contributed by atoms with Crippen LogP contribution in [0.3, 0.4) is 0 Å². The van der Waals surface area contributed by atoms with Gasteiger partial charge in [-0.3, -0.25) is 4.79 Å². The van der Waals surface area contributed by atoms with Crippen LogP contribution >= 0.6 is 0 Å². The van der Waals surface area contributed by atoms with Crippen molar-refractivity contribution in [2.24, 2.45) is 17.3 Å². The number of hydrogen-bond acceptors (Lipinski definition) is 3. The zero-order valence-electron chi connectivity index (χ0n) is 14.5. The summed E-state index contributed by atoms with van der Waals surface area (Å²) in [5, 5.41) is 7.00. The highest BCUT2D eigenvalue weighted by Gasteiger charge is 2.42. The normalized spacial score (nSPS) is 23.0. The summed E-state index contributed by atoms with van der Waals surface area (Å²) >= 11 is 0. The molecule has 1 fully saturated rings. The van der Waals surface area contributed by atoms with E-state index in [0.717, 1.165) is 32.8 Å². The van der Waals surface area contributed by atoms with Gasteiger partial charge in [0.05, 0.1) is 0 Å². The summed E-state index contributed by atoms with van der Waals surface area (Å²) in [4.78, 5) is 21.4. The van der Waals surface area contributed by atoms with Crippen molar-refractivity contribution in [3.63, 3.8) is 0 Å². The SMILES string of the molecule is CC(=O)C1CCC(C)C1(C)C.CCCCC(C)=O.CO. The highest BCUT2D eigenvalue weighted by atomic mass is 16.2. The smallest absolute Gasteiger partial charge is 0.133 e. The quantitative estimate of drug-likeness (QED) is 0.849. The Morgan fingerprint density at radius 2 is 1.65 bits per heavy atom. The molecule has 0 spiro atoms. The number of aliphatic hydroxyl groups excluding tert-OH is 1. The van der Waals surface area contributed by atoms with E-state index in [-0.39, 0.29) is 5.41 Å². The number of hydrogen-bond donors (Lipinski definition) is 1. The van der Waals surface area contributed by atoms with E-state index in [1.807, 2.05) is 0 Å². The molecule has 0 aromatic heterocycles. The number of rotatable bonds is 4. The van der Waals surface area contributed by atoms with Gasteiger partial charge in [0.2, 0.25) is 0 Å². The van der Waals surface area contributed by atoms with Crippen LogP contribution in [-0.4, -0.2) is 23.8 Å². The van der Waals surface area contributed by atoms with Crippen LogP contribution in [-0.2, 0) is 9.59 Å². The van der Waals surface area contributed by atoms with E-state index in [4.69, 9.17) is 5.11 Å². The molecule has 0 amide bonds. The standard InChI is InChI=1S/C10H18O.C6H12O.CH4O/c1-7-5-6-9(8(2)11)10(7,3)4;1-3-4-5-6(2)7;1-2/h7,9H,5-6H2,1-4H3;3-5H2,1-2H3;2H,1H3. The number of carbonyl (C=O) groups excluding carboxylic acids is 2. The Hall–Kier alpha value is -0.700. The molecule has 2 unspecified atom stereocenters. The molecule has 0 aliphatic heterocycles. The van der Waals surface area contributed by atoms with E-state index in [1.165, 1.54) is 6.42 Å². The topological polar surface area (TPSA) is 54.4 Å². The minimum absolute atomic E-state index is 0.242. The molecule has 0 radical (unpaired) electrons. The van der Waals surface area contributed by atoms with Crippen molar-refractivity contribution >= 4 is 11.6 Å². The molecule has 3 nitrogen and oxygen atoms in total. The summed E-state index contributed by atoms with van der Waals surface area (Å²) < 4.78 is 0. The maximum absolute atomic E-state index is 11.2. The summed E-state index contributed by atoms with van der Waals surface area (Å²) in [5.74, 6) is 1.70. The molecule has 0 saturated heterocycles. The molecule has 0 aromatic carbocycles. The Bertz CT molecular complexity index is 282. The van der Waals surface area contributed by atoms with Crippen molar-refractivity contribution in [3.8, 4) is 0 Å². The predicted molar refractivity (Wildman–Crippen MR) is 84.7 cm³/mol. The van der Waals surface area contributed by atoms with Gasteiger partial charge in [-0.2, -0.15) is 0 Å². The average molecular weight is 286 g/mol. The molecule has 1 saturated carbocycles. The lowest BCUT2D eigenvalue weighted by Gasteiger charge is -2.29. The minimum atomic E-state index is 0.242. The maximum atomic E-state index is 11.2. The maximum Gasteiger partial charge on any atom is 0.133 e. The van der Waals surface area contributed by atoms with E-state index in [1.54, 1.807) is 13.8 Å². The second kappa shape index (κ2) is 11.0. The molecule has 2 atom stereocenters. The van der Waals surface area contributed by atoms with Crippen LogP contribution in [0.1, 0.15) is 73.6 Å². The molecular weight excluding hydrogens is 252 g/mol. The van der Waals surface area contributed by atoms with Crippen molar-refractivity contribution in [1.29, 1.82) is 0 Å². The van der Waals surface area contributed by atoms with E-state index >= 15 is 0 Å². The highest BCUT2D eigenvalue weighted by molar-refractivity contribution is 5.79. The van der Waals surface area contributed by atoms with Gasteiger partial charge in [-0.15, -0.1) is 0 Å². The summed E-state index contributed by atoms with van der Waals surface area (Å²) in [7, 11) is 1.00. The van der Waals surface area contributed by atoms with E-state index in [0.29, 0.717) is 23.4 Å². The third-order valence-electron chi connectivity index (χ3n) is 4.43. The molecule has 1 aliphatic rings. The fraction of sp³-hybridized carbons (Fsp3) is 0.882. The minimum Gasteiger partial charge on any atom is -0.400 e. The number of Topliss-reactive ketones (excluding diaryl/α,β-unsaturated/α-hetero) is 2. The molecule has 1 aliphatic carbocycles. The zero-order valence-corrected chi connectivity index (χ0v) is 14.5. The van der Waals surface area contributed by atoms with Gasteiger partial charge in [0, 0.05) is 19.4 Å². The van der Waals surface area contributed by atoms with E-state index < -0.39 is 0 Å². The third-order valence-corrected chi connectivity index (χ3v) is 4.43. The number of aliphatic hydroxyl groups is 1. The Kier molecular flexibility index (Phi) is 11.9. The third kappa shape index (κ3) is 7.78. The van der Waals surface area contributed by atoms with Crippen LogP contribution in [0.15, 0.2) is 0 Å². The average Bonchev–Trinajstić information content (AvgIpc) is 2.65. The van der Waals surface area contributed by atoms with E-state index in [9.17, 15) is 9.59 Å². The molecular formula is C17H34O3. The van der Waals surface area contributed by atoms with Crippen molar-refractivity contribution < 1.29 is 14.7 Å². The largest absolute Gasteiger partial charge is 0.400 e. The van der Waals surface area contributed by atoms with Gasteiger partial charge in [-0.1, -0.05) is 34.1 Å². The lowest BCUT2D eigenvalue weighted by atomic mass is 9.75. The van der Waals surface area contributed by atoms with Crippen molar-refractivity contribution in [2.75, 3.05) is 7.11 Å². The number of ketones is 2. The Labute approximate surface area is 125 Å². The lowest BCUT2D eigenvalue weighted by molar-refractivity contribution is -0.123. The van der Waals surface area contributed by atoms with Gasteiger partial charge in [0.15, 0.2) is 0 Å². The van der Waals surface area contributed by atoms with Crippen molar-refractivity contribution in [2.45, 2.75) is 73.6 Å². The monoisotopic (exact) mass is 286 g/mol. The van der Waals surface area contributed by atoms with Crippen molar-refractivity contribution in [3.05, 3.63) is 0 Å². The molecule has 1 N–H and O–H groups in total. The Balaban J connectivity index is 0. The highest BCUT2D eigenvalue weighted by Crippen LogP contribution is 2.47. The molecule has 0 aromatic rings. The first-order valence-corrected chi connectivity index (χ1v) is 7.68. The number of unbranched alkanes of at least 4 members (excludes halogenated alkanes) is 1. The predicted octanol–water partition coefficient (Wildman–Crippen LogP) is 4.02. The van der Waals surface area contributed by atoms with Crippen LogP contribution in [0.4, 0.5) is 0 Å². The molecule has 0 heterocycles. The van der Waals surface area contributed by atoms with Gasteiger partial charge in [0.1, 0.15) is 11.6 Å². The molecule has 1 rings (SSSR count). The first-order valence-electron chi connectivity index (χ1n) is 7.68. The lowest BCUT2D eigenvalue weighted by Crippen LogP contribution is -2.27. The van der Waals surface area contributed by atoms with Crippen molar-refractivity contribution in [1.82, 2.24) is 0 Å². The fourth-order valence-electron chi connectivity index (χ4n) is 2.66. The van der Waals surface area contributed by atoms with E-state index in [2.05, 4.69) is 27.7 Å². The molecule has 20 heavy (non-hydrogen) atoms. The first-order chi connectivity index (χ1) is 9.23.